The van der Waals surface area contributed by atoms with Crippen LogP contribution in [0.15, 0.2) is 0 Å². The van der Waals surface area contributed by atoms with E-state index in [0.29, 0.717) is 10.8 Å². The molecular formula is C4H10O3S2. The number of rotatable bonds is 2. The van der Waals surface area contributed by atoms with E-state index in [0.717, 1.165) is 0 Å². The molecule has 56 valence electrons. The molecule has 0 atom stereocenters. The molecule has 9 heavy (non-hydrogen) atoms. The van der Waals surface area contributed by atoms with Gasteiger partial charge in [0.1, 0.15) is 9.15 Å². The predicted octanol–water partition coefficient (Wildman–Crippen LogP) is 1.04. The molecule has 0 spiro atoms. The highest BCUT2D eigenvalue weighted by molar-refractivity contribution is 8.70. The monoisotopic (exact) mass is 170 g/mol. The van der Waals surface area contributed by atoms with Gasteiger partial charge in [-0.2, -0.15) is 0 Å². The number of hydrogen-bond acceptors (Lipinski definition) is 4. The van der Waals surface area contributed by atoms with Crippen LogP contribution >= 0.6 is 10.8 Å². The van der Waals surface area contributed by atoms with Crippen molar-refractivity contribution in [3.63, 3.8) is 0 Å². The van der Waals surface area contributed by atoms with Gasteiger partial charge in [0.15, 0.2) is 0 Å². The minimum Gasteiger partial charge on any atom is -0.739 e. The van der Waals surface area contributed by atoms with E-state index in [1.165, 1.54) is 0 Å². The van der Waals surface area contributed by atoms with Crippen molar-refractivity contribution >= 4 is 19.9 Å². The fraction of sp³-hybridized carbons (Fsp3) is 0.750. The van der Waals surface area contributed by atoms with Crippen LogP contribution in [-0.4, -0.2) is 18.2 Å². The second-order valence-electron chi connectivity index (χ2n) is 1.55. The van der Waals surface area contributed by atoms with Crippen LogP contribution in [0.1, 0.15) is 13.8 Å². The van der Waals surface area contributed by atoms with Crippen molar-refractivity contribution in [3.05, 3.63) is 7.43 Å². The summed E-state index contributed by atoms with van der Waals surface area (Å²) in [5, 5.41) is -0.141. The molecule has 0 N–H and O–H groups in total. The van der Waals surface area contributed by atoms with Gasteiger partial charge in [0.2, 0.25) is 0 Å². The van der Waals surface area contributed by atoms with Crippen molar-refractivity contribution in [1.82, 2.24) is 0 Å². The largest absolute Gasteiger partial charge is 0.739 e. The Morgan fingerprint density at radius 2 is 1.78 bits per heavy atom. The van der Waals surface area contributed by atoms with Crippen molar-refractivity contribution in [2.24, 2.45) is 0 Å². The zero-order valence-electron chi connectivity index (χ0n) is 5.62. The van der Waals surface area contributed by atoms with Crippen molar-refractivity contribution in [3.8, 4) is 0 Å². The molecule has 0 radical (unpaired) electrons. The van der Waals surface area contributed by atoms with Crippen LogP contribution in [0.2, 0.25) is 0 Å². The standard InChI is InChI=1S/C3H8O3S2.CH3/c1-3(2)7-8(4,5)6;/h3H,1-2H3,(H,4,5,6);1H3/q;+1/p-1. The van der Waals surface area contributed by atoms with Crippen LogP contribution in [0, 0.1) is 7.43 Å². The van der Waals surface area contributed by atoms with Crippen molar-refractivity contribution in [2.45, 2.75) is 19.1 Å². The van der Waals surface area contributed by atoms with E-state index >= 15 is 0 Å². The van der Waals surface area contributed by atoms with Crippen molar-refractivity contribution in [1.29, 1.82) is 0 Å². The van der Waals surface area contributed by atoms with Crippen LogP contribution < -0.4 is 0 Å². The van der Waals surface area contributed by atoms with E-state index < -0.39 is 9.15 Å². The van der Waals surface area contributed by atoms with Gasteiger partial charge in [-0.1, -0.05) is 13.8 Å². The second-order valence-corrected chi connectivity index (χ2v) is 5.31. The predicted molar refractivity (Wildman–Crippen MR) is 38.8 cm³/mol. The van der Waals surface area contributed by atoms with Gasteiger partial charge in [0.25, 0.3) is 0 Å². The first kappa shape index (κ1) is 11.9. The molecule has 0 aromatic rings. The van der Waals surface area contributed by atoms with Crippen LogP contribution in [0.4, 0.5) is 0 Å². The highest BCUT2D eigenvalue weighted by Crippen LogP contribution is 2.14. The van der Waals surface area contributed by atoms with E-state index in [1.54, 1.807) is 13.8 Å². The Balaban J connectivity index is 0. The van der Waals surface area contributed by atoms with Crippen molar-refractivity contribution in [2.75, 3.05) is 0 Å². The molecule has 0 aliphatic carbocycles. The fourth-order valence-electron chi connectivity index (χ4n) is 0.236. The molecule has 0 aromatic heterocycles. The van der Waals surface area contributed by atoms with E-state index in [1.807, 2.05) is 0 Å². The Hall–Kier alpha value is 0.130. The Morgan fingerprint density at radius 3 is 1.78 bits per heavy atom. The topological polar surface area (TPSA) is 57.2 Å². The highest BCUT2D eigenvalue weighted by Gasteiger charge is 1.98. The maximum atomic E-state index is 9.85. The lowest BCUT2D eigenvalue weighted by Crippen LogP contribution is -1.96. The highest BCUT2D eigenvalue weighted by atomic mass is 33.1. The van der Waals surface area contributed by atoms with Crippen LogP contribution in [-0.2, 0) is 9.15 Å². The first-order valence-corrected chi connectivity index (χ1v) is 4.86. The van der Waals surface area contributed by atoms with Crippen LogP contribution in [0.25, 0.3) is 0 Å². The van der Waals surface area contributed by atoms with Gasteiger partial charge in [0.05, 0.1) is 0 Å². The third kappa shape index (κ3) is 11.6. The van der Waals surface area contributed by atoms with Gasteiger partial charge in [-0.05, 0) is 10.8 Å². The molecule has 0 bridgehead atoms. The molecule has 0 saturated carbocycles. The third-order valence-electron chi connectivity index (χ3n) is 0.310. The Kier molecular flexibility index (Phi) is 5.31. The zero-order valence-corrected chi connectivity index (χ0v) is 7.25. The summed E-state index contributed by atoms with van der Waals surface area (Å²) in [5.41, 5.74) is 0. The average Bonchev–Trinajstić information content (AvgIpc) is 1.21. The second kappa shape index (κ2) is 4.03. The minimum absolute atomic E-state index is 0. The van der Waals surface area contributed by atoms with Gasteiger partial charge in [-0.25, -0.2) is 8.42 Å². The number of hydrogen-bond donors (Lipinski definition) is 0. The van der Waals surface area contributed by atoms with Crippen LogP contribution in [0.5, 0.6) is 0 Å². The molecule has 5 heteroatoms. The van der Waals surface area contributed by atoms with Crippen LogP contribution in [0.3, 0.4) is 0 Å². The molecule has 0 unspecified atom stereocenters. The van der Waals surface area contributed by atoms with Gasteiger partial charge in [-0.15, -0.1) is 0 Å². The SMILES string of the molecule is CC(C)SS(=O)(=O)[O-].[CH3+]. The lowest BCUT2D eigenvalue weighted by atomic mass is 10.6. The average molecular weight is 170 g/mol. The fourth-order valence-corrected chi connectivity index (χ4v) is 2.12. The summed E-state index contributed by atoms with van der Waals surface area (Å²) < 4.78 is 29.5. The normalized spacial score (nSPS) is 11.1. The zero-order chi connectivity index (χ0) is 6.78. The summed E-state index contributed by atoms with van der Waals surface area (Å²) in [6.07, 6.45) is 0. The maximum Gasteiger partial charge on any atom is 0.149 e. The smallest absolute Gasteiger partial charge is 0.149 e. The molecule has 0 fully saturated rings. The quantitative estimate of drug-likeness (QED) is 0.353. The minimum atomic E-state index is -4.06. The Labute approximate surface area is 60.0 Å². The van der Waals surface area contributed by atoms with Gasteiger partial charge in [0, 0.05) is 12.7 Å². The lowest BCUT2D eigenvalue weighted by molar-refractivity contribution is 0.482. The van der Waals surface area contributed by atoms with Gasteiger partial charge < -0.3 is 4.55 Å². The first-order chi connectivity index (χ1) is 3.42. The van der Waals surface area contributed by atoms with Crippen molar-refractivity contribution < 1.29 is 13.0 Å². The molecule has 0 rings (SSSR count). The van der Waals surface area contributed by atoms with Gasteiger partial charge >= 0.3 is 0 Å². The summed E-state index contributed by atoms with van der Waals surface area (Å²) in [6, 6.07) is 0. The first-order valence-electron chi connectivity index (χ1n) is 2.06. The molecule has 0 amide bonds. The molecular weight excluding hydrogens is 160 g/mol. The van der Waals surface area contributed by atoms with Gasteiger partial charge in [-0.3, -0.25) is 0 Å². The summed E-state index contributed by atoms with van der Waals surface area (Å²) in [5.74, 6) is 0. The van der Waals surface area contributed by atoms with E-state index in [9.17, 15) is 13.0 Å². The third-order valence-corrected chi connectivity index (χ3v) is 2.79. The molecule has 0 aliphatic rings. The van der Waals surface area contributed by atoms with E-state index in [-0.39, 0.29) is 12.7 Å². The summed E-state index contributed by atoms with van der Waals surface area (Å²) >= 11 is 0. The maximum absolute atomic E-state index is 9.85. The lowest BCUT2D eigenvalue weighted by Gasteiger charge is -2.06. The van der Waals surface area contributed by atoms with E-state index in [2.05, 4.69) is 0 Å². The molecule has 0 saturated heterocycles. The summed E-state index contributed by atoms with van der Waals surface area (Å²) in [7, 11) is -3.63. The van der Waals surface area contributed by atoms with E-state index in [4.69, 9.17) is 0 Å². The molecule has 3 nitrogen and oxygen atoms in total. The molecule has 0 heterocycles. The Morgan fingerprint density at radius 1 is 1.44 bits per heavy atom. The summed E-state index contributed by atoms with van der Waals surface area (Å²) in [4.78, 5) is 0. The molecule has 0 aromatic carbocycles. The Bertz CT molecular complexity index is 147. The summed E-state index contributed by atoms with van der Waals surface area (Å²) in [6.45, 7) is 3.31. The molecule has 0 aliphatic heterocycles.